The molecule has 0 aliphatic heterocycles. The summed E-state index contributed by atoms with van der Waals surface area (Å²) in [5.74, 6) is -0.0242. The molecular formula is C22H20O2S. The normalized spacial score (nSPS) is 25.5. The van der Waals surface area contributed by atoms with Crippen molar-refractivity contribution in [1.29, 1.82) is 0 Å². The molecule has 0 unspecified atom stereocenters. The quantitative estimate of drug-likeness (QED) is 0.679. The molecule has 0 N–H and O–H groups in total. The van der Waals surface area contributed by atoms with Gasteiger partial charge in [-0.05, 0) is 29.2 Å². The Morgan fingerprint density at radius 1 is 0.720 bits per heavy atom. The Morgan fingerprint density at radius 2 is 1.20 bits per heavy atom. The van der Waals surface area contributed by atoms with E-state index in [9.17, 15) is 8.42 Å². The van der Waals surface area contributed by atoms with Crippen molar-refractivity contribution >= 4 is 9.84 Å². The predicted molar refractivity (Wildman–Crippen MR) is 100 cm³/mol. The summed E-state index contributed by atoms with van der Waals surface area (Å²) < 4.78 is 26.5. The Balaban J connectivity index is 1.94. The highest BCUT2D eigenvalue weighted by molar-refractivity contribution is 7.92. The van der Waals surface area contributed by atoms with Gasteiger partial charge in [0.1, 0.15) is 4.75 Å². The van der Waals surface area contributed by atoms with Gasteiger partial charge in [0.15, 0.2) is 9.84 Å². The van der Waals surface area contributed by atoms with Crippen LogP contribution in [-0.2, 0) is 14.6 Å². The Hall–Kier alpha value is -2.39. The molecule has 3 atom stereocenters. The van der Waals surface area contributed by atoms with Crippen molar-refractivity contribution in [3.8, 4) is 0 Å². The first-order valence-electron chi connectivity index (χ1n) is 8.50. The summed E-state index contributed by atoms with van der Waals surface area (Å²) in [6.07, 6.45) is 0. The molecular weight excluding hydrogens is 328 g/mol. The van der Waals surface area contributed by atoms with Crippen molar-refractivity contribution in [2.24, 2.45) is 5.92 Å². The third kappa shape index (κ3) is 2.26. The Bertz CT molecular complexity index is 966. The van der Waals surface area contributed by atoms with Gasteiger partial charge in [-0.3, -0.25) is 0 Å². The second kappa shape index (κ2) is 5.85. The molecule has 2 nitrogen and oxygen atoms in total. The molecule has 3 aromatic carbocycles. The summed E-state index contributed by atoms with van der Waals surface area (Å²) >= 11 is 0. The van der Waals surface area contributed by atoms with Crippen LogP contribution in [0.15, 0.2) is 95.9 Å². The smallest absolute Gasteiger partial charge is 0.189 e. The number of benzene rings is 3. The molecule has 1 fully saturated rings. The van der Waals surface area contributed by atoms with E-state index < -0.39 is 14.6 Å². The molecule has 3 aromatic rings. The van der Waals surface area contributed by atoms with Gasteiger partial charge in [-0.15, -0.1) is 0 Å². The van der Waals surface area contributed by atoms with Crippen LogP contribution in [-0.4, -0.2) is 8.42 Å². The van der Waals surface area contributed by atoms with Gasteiger partial charge in [0, 0.05) is 5.92 Å². The van der Waals surface area contributed by atoms with E-state index in [0.29, 0.717) is 4.90 Å². The third-order valence-corrected chi connectivity index (χ3v) is 8.05. The van der Waals surface area contributed by atoms with Gasteiger partial charge in [-0.1, -0.05) is 85.8 Å². The van der Waals surface area contributed by atoms with Crippen molar-refractivity contribution < 1.29 is 8.42 Å². The summed E-state index contributed by atoms with van der Waals surface area (Å²) in [7, 11) is -3.53. The molecule has 0 aromatic heterocycles. The molecule has 0 amide bonds. The van der Waals surface area contributed by atoms with E-state index >= 15 is 0 Å². The largest absolute Gasteiger partial charge is 0.223 e. The highest BCUT2D eigenvalue weighted by Crippen LogP contribution is 2.69. The first-order valence-corrected chi connectivity index (χ1v) is 9.98. The van der Waals surface area contributed by atoms with Crippen LogP contribution < -0.4 is 0 Å². The molecule has 0 radical (unpaired) electrons. The molecule has 0 bridgehead atoms. The zero-order valence-electron chi connectivity index (χ0n) is 14.0. The van der Waals surface area contributed by atoms with Gasteiger partial charge in [0.25, 0.3) is 0 Å². The summed E-state index contributed by atoms with van der Waals surface area (Å²) in [5.41, 5.74) is 1.96. The molecule has 0 saturated heterocycles. The Labute approximate surface area is 149 Å². The molecule has 1 aliphatic carbocycles. The number of hydrogen-bond donors (Lipinski definition) is 0. The lowest BCUT2D eigenvalue weighted by Crippen LogP contribution is -2.25. The van der Waals surface area contributed by atoms with E-state index in [-0.39, 0.29) is 11.8 Å². The Kier molecular flexibility index (Phi) is 3.77. The fourth-order valence-corrected chi connectivity index (χ4v) is 6.81. The van der Waals surface area contributed by atoms with Crippen molar-refractivity contribution in [3.63, 3.8) is 0 Å². The van der Waals surface area contributed by atoms with E-state index in [0.717, 1.165) is 11.1 Å². The molecule has 3 heteroatoms. The van der Waals surface area contributed by atoms with E-state index in [1.165, 1.54) is 0 Å². The van der Waals surface area contributed by atoms with Crippen LogP contribution in [0, 0.1) is 5.92 Å². The predicted octanol–water partition coefficient (Wildman–Crippen LogP) is 4.79. The molecule has 25 heavy (non-hydrogen) atoms. The highest BCUT2D eigenvalue weighted by atomic mass is 32.2. The monoisotopic (exact) mass is 348 g/mol. The lowest BCUT2D eigenvalue weighted by molar-refractivity contribution is 0.573. The lowest BCUT2D eigenvalue weighted by atomic mass is 10.0. The highest BCUT2D eigenvalue weighted by Gasteiger charge is 2.71. The number of hydrogen-bond acceptors (Lipinski definition) is 2. The van der Waals surface area contributed by atoms with Crippen LogP contribution in [0.25, 0.3) is 0 Å². The molecule has 0 spiro atoms. The zero-order valence-corrected chi connectivity index (χ0v) is 14.9. The molecule has 1 saturated carbocycles. The van der Waals surface area contributed by atoms with E-state index in [1.807, 2.05) is 73.7 Å². The average Bonchev–Trinajstić information content (AvgIpc) is 3.31. The number of sulfone groups is 1. The van der Waals surface area contributed by atoms with Gasteiger partial charge in [0.2, 0.25) is 0 Å². The van der Waals surface area contributed by atoms with Gasteiger partial charge in [0.05, 0.1) is 4.90 Å². The molecule has 126 valence electrons. The zero-order chi connectivity index (χ0) is 17.5. The third-order valence-electron chi connectivity index (χ3n) is 5.41. The van der Waals surface area contributed by atoms with Crippen LogP contribution in [0.1, 0.15) is 24.0 Å². The van der Waals surface area contributed by atoms with Crippen LogP contribution in [0.3, 0.4) is 0 Å². The van der Waals surface area contributed by atoms with Crippen LogP contribution in [0.2, 0.25) is 0 Å². The van der Waals surface area contributed by atoms with Crippen molar-refractivity contribution in [3.05, 3.63) is 102 Å². The second-order valence-corrected chi connectivity index (χ2v) is 8.81. The minimum Gasteiger partial charge on any atom is -0.223 e. The van der Waals surface area contributed by atoms with Crippen LogP contribution in [0.4, 0.5) is 0 Å². The minimum atomic E-state index is -3.53. The number of rotatable bonds is 4. The SMILES string of the molecule is C[C@H]1[C@H](c2ccccc2)[C@@]1(c1ccccc1)S(=O)(=O)c1ccccc1. The second-order valence-electron chi connectivity index (χ2n) is 6.65. The fourth-order valence-electron chi connectivity index (χ4n) is 4.23. The average molecular weight is 348 g/mol. The summed E-state index contributed by atoms with van der Waals surface area (Å²) in [6, 6.07) is 28.5. The maximum Gasteiger partial charge on any atom is 0.189 e. The molecule has 4 rings (SSSR count). The summed E-state index contributed by atoms with van der Waals surface area (Å²) in [6.45, 7) is 2.05. The van der Waals surface area contributed by atoms with Crippen LogP contribution in [0.5, 0.6) is 0 Å². The van der Waals surface area contributed by atoms with E-state index in [4.69, 9.17) is 0 Å². The Morgan fingerprint density at radius 3 is 1.76 bits per heavy atom. The van der Waals surface area contributed by atoms with E-state index in [2.05, 4.69) is 0 Å². The first-order chi connectivity index (χ1) is 12.1. The lowest BCUT2D eigenvalue weighted by Gasteiger charge is -2.20. The summed E-state index contributed by atoms with van der Waals surface area (Å²) in [5, 5.41) is 0. The van der Waals surface area contributed by atoms with Gasteiger partial charge >= 0.3 is 0 Å². The molecule has 1 aliphatic rings. The standard InChI is InChI=1S/C22H20O2S/c1-17-21(18-11-5-2-6-12-18)22(17,19-13-7-3-8-14-19)25(23,24)20-15-9-4-10-16-20/h2-17,21H,1H3/t17-,21+,22+/m0/s1. The maximum atomic E-state index is 13.7. The maximum absolute atomic E-state index is 13.7. The van der Waals surface area contributed by atoms with Crippen LogP contribution >= 0.6 is 0 Å². The minimum absolute atomic E-state index is 0.0162. The van der Waals surface area contributed by atoms with Crippen molar-refractivity contribution in [1.82, 2.24) is 0 Å². The van der Waals surface area contributed by atoms with Crippen molar-refractivity contribution in [2.75, 3.05) is 0 Å². The fraction of sp³-hybridized carbons (Fsp3) is 0.182. The molecule has 0 heterocycles. The van der Waals surface area contributed by atoms with Gasteiger partial charge in [-0.2, -0.15) is 0 Å². The topological polar surface area (TPSA) is 34.1 Å². The van der Waals surface area contributed by atoms with Gasteiger partial charge < -0.3 is 0 Å². The van der Waals surface area contributed by atoms with Gasteiger partial charge in [-0.25, -0.2) is 8.42 Å². The van der Waals surface area contributed by atoms with Crippen molar-refractivity contribution in [2.45, 2.75) is 22.5 Å². The summed E-state index contributed by atoms with van der Waals surface area (Å²) in [4.78, 5) is 0.393. The first kappa shape index (κ1) is 16.1. The van der Waals surface area contributed by atoms with E-state index in [1.54, 1.807) is 24.3 Å².